The molecular formula is C19H19N3O6. The number of carbonyl (C=O) groups is 3. The van der Waals surface area contributed by atoms with Crippen molar-refractivity contribution in [3.8, 4) is 0 Å². The van der Waals surface area contributed by atoms with Crippen LogP contribution in [-0.2, 0) is 9.59 Å². The van der Waals surface area contributed by atoms with E-state index in [1.165, 1.54) is 0 Å². The van der Waals surface area contributed by atoms with Crippen LogP contribution < -0.4 is 10.2 Å². The van der Waals surface area contributed by atoms with Crippen molar-refractivity contribution in [1.29, 1.82) is 0 Å². The second kappa shape index (κ2) is 7.85. The van der Waals surface area contributed by atoms with E-state index in [2.05, 4.69) is 10.3 Å². The van der Waals surface area contributed by atoms with Crippen LogP contribution in [0.2, 0.25) is 0 Å². The number of hydrogen-bond donors (Lipinski definition) is 4. The Morgan fingerprint density at radius 3 is 2.32 bits per heavy atom. The largest absolute Gasteiger partial charge is 0.394 e. The Balaban J connectivity index is 2.01. The Kier molecular flexibility index (Phi) is 5.50. The minimum absolute atomic E-state index is 0.309. The van der Waals surface area contributed by atoms with Crippen LogP contribution in [0, 0.1) is 5.92 Å². The zero-order valence-corrected chi connectivity index (χ0v) is 14.8. The van der Waals surface area contributed by atoms with Gasteiger partial charge in [-0.15, -0.1) is 0 Å². The van der Waals surface area contributed by atoms with Crippen molar-refractivity contribution >= 4 is 40.5 Å². The summed E-state index contributed by atoms with van der Waals surface area (Å²) < 4.78 is 0. The van der Waals surface area contributed by atoms with E-state index in [0.717, 1.165) is 16.5 Å². The highest BCUT2D eigenvalue weighted by molar-refractivity contribution is 6.33. The first kappa shape index (κ1) is 19.6. The number of nitrogens with one attached hydrogen (secondary N) is 1. The number of hydrogen-bond acceptors (Lipinski definition) is 7. The molecule has 1 aliphatic heterocycles. The smallest absolute Gasteiger partial charge is 0.335 e. The van der Waals surface area contributed by atoms with Gasteiger partial charge in [0.25, 0.3) is 5.91 Å². The molecule has 4 amide bonds. The van der Waals surface area contributed by atoms with E-state index < -0.39 is 49.1 Å². The molecular weight excluding hydrogens is 366 g/mol. The minimum atomic E-state index is -1.63. The second-order valence-electron chi connectivity index (χ2n) is 6.42. The van der Waals surface area contributed by atoms with E-state index in [9.17, 15) is 29.7 Å². The quantitative estimate of drug-likeness (QED) is 0.402. The van der Waals surface area contributed by atoms with E-state index in [1.54, 1.807) is 24.3 Å². The Labute approximate surface area is 159 Å². The number of anilines is 1. The maximum absolute atomic E-state index is 12.9. The third-order valence-corrected chi connectivity index (χ3v) is 4.59. The lowest BCUT2D eigenvalue weighted by Gasteiger charge is -2.30. The van der Waals surface area contributed by atoms with Gasteiger partial charge in [0, 0.05) is 11.6 Å². The molecule has 9 heteroatoms. The zero-order chi connectivity index (χ0) is 20.3. The van der Waals surface area contributed by atoms with Gasteiger partial charge in [-0.25, -0.2) is 9.69 Å². The van der Waals surface area contributed by atoms with Gasteiger partial charge in [0.15, 0.2) is 5.92 Å². The first-order chi connectivity index (χ1) is 13.5. The molecule has 0 radical (unpaired) electrons. The molecule has 1 atom stereocenters. The maximum Gasteiger partial charge on any atom is 0.335 e. The molecule has 146 valence electrons. The standard InChI is InChI=1S/C19H19N3O6/c23-9-19(10-24,11-25)20-8-14-16(26)21-18(28)22(17(14)27)15-7-3-5-12-4-1-2-6-13(12)15/h1-8,14,23-25H,9-11H2,(H,21,26,28)/t14-/m0/s1. The fourth-order valence-electron chi connectivity index (χ4n) is 2.86. The normalized spacial score (nSPS) is 18.2. The molecule has 28 heavy (non-hydrogen) atoms. The van der Waals surface area contributed by atoms with Crippen LogP contribution in [0.4, 0.5) is 10.5 Å². The van der Waals surface area contributed by atoms with Crippen molar-refractivity contribution in [3.05, 3.63) is 42.5 Å². The van der Waals surface area contributed by atoms with Gasteiger partial charge in [-0.2, -0.15) is 0 Å². The van der Waals surface area contributed by atoms with Gasteiger partial charge in [-0.3, -0.25) is 19.9 Å². The number of amides is 4. The molecule has 0 saturated carbocycles. The summed E-state index contributed by atoms with van der Waals surface area (Å²) in [6, 6.07) is 11.4. The lowest BCUT2D eigenvalue weighted by molar-refractivity contribution is -0.131. The third kappa shape index (κ3) is 3.38. The Morgan fingerprint density at radius 2 is 1.64 bits per heavy atom. The molecule has 1 heterocycles. The number of imide groups is 2. The number of urea groups is 1. The molecule has 0 spiro atoms. The average molecular weight is 385 g/mol. The van der Waals surface area contributed by atoms with Crippen LogP contribution in [0.1, 0.15) is 0 Å². The number of aliphatic imine (C=N–C) groups is 1. The number of barbiturate groups is 1. The predicted octanol–water partition coefficient (Wildman–Crippen LogP) is -0.175. The molecule has 4 N–H and O–H groups in total. The van der Waals surface area contributed by atoms with Crippen molar-refractivity contribution in [3.63, 3.8) is 0 Å². The van der Waals surface area contributed by atoms with E-state index in [4.69, 9.17) is 0 Å². The third-order valence-electron chi connectivity index (χ3n) is 4.59. The molecule has 0 aromatic heterocycles. The summed E-state index contributed by atoms with van der Waals surface area (Å²) in [6.07, 6.45) is 0.935. The van der Waals surface area contributed by atoms with Gasteiger partial charge in [-0.1, -0.05) is 36.4 Å². The van der Waals surface area contributed by atoms with Crippen LogP contribution in [-0.4, -0.2) is 64.7 Å². The molecule has 0 unspecified atom stereocenters. The first-order valence-electron chi connectivity index (χ1n) is 8.51. The minimum Gasteiger partial charge on any atom is -0.394 e. The van der Waals surface area contributed by atoms with Gasteiger partial charge >= 0.3 is 6.03 Å². The van der Waals surface area contributed by atoms with Crippen LogP contribution in [0.25, 0.3) is 10.8 Å². The molecule has 3 rings (SSSR count). The average Bonchev–Trinajstić information content (AvgIpc) is 2.71. The number of fused-ring (bicyclic) bond motifs is 1. The maximum atomic E-state index is 12.9. The number of benzene rings is 2. The summed E-state index contributed by atoms with van der Waals surface area (Å²) in [5, 5.41) is 31.6. The molecule has 0 aliphatic carbocycles. The topological polar surface area (TPSA) is 140 Å². The number of carbonyl (C=O) groups excluding carboxylic acids is 3. The monoisotopic (exact) mass is 385 g/mol. The van der Waals surface area contributed by atoms with Crippen molar-refractivity contribution < 1.29 is 29.7 Å². The van der Waals surface area contributed by atoms with Crippen molar-refractivity contribution in [1.82, 2.24) is 5.32 Å². The fraction of sp³-hybridized carbons (Fsp3) is 0.263. The number of rotatable bonds is 6. The summed E-state index contributed by atoms with van der Waals surface area (Å²) >= 11 is 0. The zero-order valence-electron chi connectivity index (χ0n) is 14.8. The lowest BCUT2D eigenvalue weighted by atomic mass is 10.0. The van der Waals surface area contributed by atoms with Crippen LogP contribution in [0.3, 0.4) is 0 Å². The Bertz CT molecular complexity index is 940. The summed E-state index contributed by atoms with van der Waals surface area (Å²) in [6.45, 7) is -2.07. The van der Waals surface area contributed by atoms with Gasteiger partial charge in [0.1, 0.15) is 5.54 Å². The summed E-state index contributed by atoms with van der Waals surface area (Å²) in [4.78, 5) is 42.2. The van der Waals surface area contributed by atoms with E-state index >= 15 is 0 Å². The molecule has 0 bridgehead atoms. The number of aliphatic hydroxyl groups is 3. The van der Waals surface area contributed by atoms with Crippen molar-refractivity contribution in [2.75, 3.05) is 24.7 Å². The summed E-state index contributed by atoms with van der Waals surface area (Å²) in [7, 11) is 0. The number of nitrogens with zero attached hydrogens (tertiary/aromatic N) is 2. The Hall–Kier alpha value is -3.14. The SMILES string of the molecule is O=C1NC(=O)N(c2cccc3ccccc23)C(=O)[C@H]1C=NC(CO)(CO)CO. The molecule has 1 aliphatic rings. The van der Waals surface area contributed by atoms with E-state index in [0.29, 0.717) is 11.1 Å². The molecule has 9 nitrogen and oxygen atoms in total. The van der Waals surface area contributed by atoms with Crippen LogP contribution in [0.5, 0.6) is 0 Å². The lowest BCUT2D eigenvalue weighted by Crippen LogP contribution is -2.59. The highest BCUT2D eigenvalue weighted by Gasteiger charge is 2.41. The van der Waals surface area contributed by atoms with Crippen LogP contribution >= 0.6 is 0 Å². The van der Waals surface area contributed by atoms with Crippen LogP contribution in [0.15, 0.2) is 47.5 Å². The summed E-state index contributed by atoms with van der Waals surface area (Å²) in [5.74, 6) is -3.16. The molecule has 1 saturated heterocycles. The molecule has 2 aromatic rings. The predicted molar refractivity (Wildman–Crippen MR) is 101 cm³/mol. The van der Waals surface area contributed by atoms with E-state index in [1.807, 2.05) is 18.2 Å². The van der Waals surface area contributed by atoms with Crippen molar-refractivity contribution in [2.24, 2.45) is 10.9 Å². The highest BCUT2D eigenvalue weighted by atomic mass is 16.3. The van der Waals surface area contributed by atoms with Gasteiger partial charge < -0.3 is 15.3 Å². The van der Waals surface area contributed by atoms with E-state index in [-0.39, 0.29) is 0 Å². The second-order valence-corrected chi connectivity index (χ2v) is 6.42. The highest BCUT2D eigenvalue weighted by Crippen LogP contribution is 2.29. The first-order valence-corrected chi connectivity index (χ1v) is 8.51. The van der Waals surface area contributed by atoms with Gasteiger partial charge in [-0.05, 0) is 11.5 Å². The van der Waals surface area contributed by atoms with Gasteiger partial charge in [0.2, 0.25) is 5.91 Å². The Morgan fingerprint density at radius 1 is 1.00 bits per heavy atom. The number of aliphatic hydroxyl groups excluding tert-OH is 3. The molecule has 2 aromatic carbocycles. The van der Waals surface area contributed by atoms with Gasteiger partial charge in [0.05, 0.1) is 25.5 Å². The summed E-state index contributed by atoms with van der Waals surface area (Å²) in [5.41, 5.74) is -1.32. The fourth-order valence-corrected chi connectivity index (χ4v) is 2.86. The van der Waals surface area contributed by atoms with Crippen molar-refractivity contribution in [2.45, 2.75) is 5.54 Å². The molecule has 1 fully saturated rings.